The van der Waals surface area contributed by atoms with Crippen LogP contribution in [-0.2, 0) is 5.41 Å². The van der Waals surface area contributed by atoms with E-state index in [-0.39, 0.29) is 11.2 Å². The zero-order valence-electron chi connectivity index (χ0n) is 9.91. The molecule has 0 fully saturated rings. The van der Waals surface area contributed by atoms with Crippen molar-refractivity contribution in [2.24, 2.45) is 0 Å². The molecule has 0 unspecified atom stereocenters. The quantitative estimate of drug-likeness (QED) is 0.683. The summed E-state index contributed by atoms with van der Waals surface area (Å²) in [7, 11) is 0. The van der Waals surface area contributed by atoms with E-state index in [1.807, 2.05) is 13.8 Å². The first-order valence-electron chi connectivity index (χ1n) is 4.95. The molecule has 0 bridgehead atoms. The number of carbonyl (C=O) groups is 1. The van der Waals surface area contributed by atoms with Crippen LogP contribution >= 0.6 is 0 Å². The SMILES string of the molecule is CC(=O)c1c(C(C)(C)C)[nH]c(C)c1C. The molecule has 0 saturated carbocycles. The van der Waals surface area contributed by atoms with Gasteiger partial charge in [-0.15, -0.1) is 0 Å². The minimum Gasteiger partial charge on any atom is -0.361 e. The van der Waals surface area contributed by atoms with Gasteiger partial charge in [0.2, 0.25) is 0 Å². The Hall–Kier alpha value is -1.05. The topological polar surface area (TPSA) is 32.9 Å². The highest BCUT2D eigenvalue weighted by Gasteiger charge is 2.24. The summed E-state index contributed by atoms with van der Waals surface area (Å²) in [6.07, 6.45) is 0. The summed E-state index contributed by atoms with van der Waals surface area (Å²) >= 11 is 0. The van der Waals surface area contributed by atoms with Gasteiger partial charge in [-0.3, -0.25) is 4.79 Å². The molecule has 1 heterocycles. The van der Waals surface area contributed by atoms with Crippen molar-refractivity contribution in [1.29, 1.82) is 0 Å². The minimum atomic E-state index is 0.0000231. The zero-order chi connectivity index (χ0) is 11.1. The number of rotatable bonds is 1. The van der Waals surface area contributed by atoms with E-state index in [9.17, 15) is 4.79 Å². The van der Waals surface area contributed by atoms with Gasteiger partial charge in [0, 0.05) is 22.4 Å². The largest absolute Gasteiger partial charge is 0.361 e. The Morgan fingerprint density at radius 3 is 2.00 bits per heavy atom. The molecule has 1 aromatic rings. The minimum absolute atomic E-state index is 0.0000231. The number of ketones is 1. The molecule has 0 saturated heterocycles. The number of H-pyrrole nitrogens is 1. The Labute approximate surface area is 85.7 Å². The van der Waals surface area contributed by atoms with Crippen LogP contribution in [0.4, 0.5) is 0 Å². The Morgan fingerprint density at radius 2 is 1.71 bits per heavy atom. The fraction of sp³-hybridized carbons (Fsp3) is 0.583. The van der Waals surface area contributed by atoms with E-state index in [1.165, 1.54) is 0 Å². The average Bonchev–Trinajstić information content (AvgIpc) is 2.27. The molecule has 14 heavy (non-hydrogen) atoms. The van der Waals surface area contributed by atoms with Crippen molar-refractivity contribution in [3.05, 3.63) is 22.5 Å². The molecule has 0 aliphatic carbocycles. The highest BCUT2D eigenvalue weighted by atomic mass is 16.1. The smallest absolute Gasteiger partial charge is 0.161 e. The lowest BCUT2D eigenvalue weighted by Crippen LogP contribution is -2.16. The summed E-state index contributed by atoms with van der Waals surface area (Å²) < 4.78 is 0. The predicted molar refractivity (Wildman–Crippen MR) is 59.0 cm³/mol. The number of Topliss-reactive ketones (excluding diaryl/α,β-unsaturated/α-hetero) is 1. The number of hydrogen-bond acceptors (Lipinski definition) is 1. The second-order valence-electron chi connectivity index (χ2n) is 4.93. The number of nitrogens with one attached hydrogen (secondary N) is 1. The maximum absolute atomic E-state index is 11.5. The molecule has 1 aromatic heterocycles. The maximum atomic E-state index is 11.5. The molecule has 2 heteroatoms. The van der Waals surface area contributed by atoms with Crippen molar-refractivity contribution in [2.45, 2.75) is 47.0 Å². The highest BCUT2D eigenvalue weighted by Crippen LogP contribution is 2.29. The molecule has 0 aromatic carbocycles. The molecule has 0 aliphatic rings. The summed E-state index contributed by atoms with van der Waals surface area (Å²) in [5.74, 6) is 0.150. The van der Waals surface area contributed by atoms with Gasteiger partial charge in [0.15, 0.2) is 5.78 Å². The summed E-state index contributed by atoms with van der Waals surface area (Å²) in [6, 6.07) is 0. The molecule has 1 N–H and O–H groups in total. The van der Waals surface area contributed by atoms with Gasteiger partial charge < -0.3 is 4.98 Å². The molecule has 0 spiro atoms. The van der Waals surface area contributed by atoms with E-state index >= 15 is 0 Å². The second-order valence-corrected chi connectivity index (χ2v) is 4.93. The monoisotopic (exact) mass is 193 g/mol. The Morgan fingerprint density at radius 1 is 1.21 bits per heavy atom. The molecule has 2 nitrogen and oxygen atoms in total. The van der Waals surface area contributed by atoms with Crippen LogP contribution in [0.2, 0.25) is 0 Å². The van der Waals surface area contributed by atoms with Gasteiger partial charge in [0.05, 0.1) is 0 Å². The number of aromatic nitrogens is 1. The van der Waals surface area contributed by atoms with Gasteiger partial charge in [-0.05, 0) is 26.3 Å². The molecule has 78 valence electrons. The fourth-order valence-electron chi connectivity index (χ4n) is 1.72. The van der Waals surface area contributed by atoms with E-state index in [4.69, 9.17) is 0 Å². The van der Waals surface area contributed by atoms with Gasteiger partial charge >= 0.3 is 0 Å². The summed E-state index contributed by atoms with van der Waals surface area (Å²) in [6.45, 7) is 12.0. The van der Waals surface area contributed by atoms with Gasteiger partial charge in [-0.2, -0.15) is 0 Å². The third-order valence-electron chi connectivity index (χ3n) is 2.60. The standard InChI is InChI=1S/C12H19NO/c1-7-8(2)13-11(12(4,5)6)10(7)9(3)14/h13H,1-6H3. The zero-order valence-corrected chi connectivity index (χ0v) is 9.91. The van der Waals surface area contributed by atoms with Gasteiger partial charge in [0.25, 0.3) is 0 Å². The number of aryl methyl sites for hydroxylation is 1. The molecule has 0 radical (unpaired) electrons. The fourth-order valence-corrected chi connectivity index (χ4v) is 1.72. The van der Waals surface area contributed by atoms with Crippen molar-refractivity contribution in [2.75, 3.05) is 0 Å². The second kappa shape index (κ2) is 3.26. The first-order valence-corrected chi connectivity index (χ1v) is 4.95. The number of carbonyl (C=O) groups excluding carboxylic acids is 1. The first-order chi connectivity index (χ1) is 6.25. The lowest BCUT2D eigenvalue weighted by molar-refractivity contribution is 0.101. The van der Waals surface area contributed by atoms with Crippen LogP contribution in [0.5, 0.6) is 0 Å². The van der Waals surface area contributed by atoms with Crippen LogP contribution in [0.25, 0.3) is 0 Å². The molecular formula is C12H19NO. The molecule has 0 amide bonds. The van der Waals surface area contributed by atoms with Crippen molar-refractivity contribution < 1.29 is 4.79 Å². The highest BCUT2D eigenvalue weighted by molar-refractivity contribution is 5.97. The van der Waals surface area contributed by atoms with E-state index in [0.717, 1.165) is 22.5 Å². The van der Waals surface area contributed by atoms with E-state index in [0.29, 0.717) is 0 Å². The molecule has 0 atom stereocenters. The van der Waals surface area contributed by atoms with Crippen LogP contribution in [0.1, 0.15) is 55.0 Å². The molecule has 0 aliphatic heterocycles. The third kappa shape index (κ3) is 1.74. The van der Waals surface area contributed by atoms with Crippen molar-refractivity contribution in [3.8, 4) is 0 Å². The van der Waals surface area contributed by atoms with E-state index in [1.54, 1.807) is 6.92 Å². The van der Waals surface area contributed by atoms with Gasteiger partial charge in [-0.25, -0.2) is 0 Å². The predicted octanol–water partition coefficient (Wildman–Crippen LogP) is 3.13. The normalized spacial score (nSPS) is 11.9. The third-order valence-corrected chi connectivity index (χ3v) is 2.60. The molecule has 1 rings (SSSR count). The van der Waals surface area contributed by atoms with E-state index in [2.05, 4.69) is 25.8 Å². The summed E-state index contributed by atoms with van der Waals surface area (Å²) in [4.78, 5) is 14.8. The van der Waals surface area contributed by atoms with Crippen LogP contribution in [0, 0.1) is 13.8 Å². The Bertz CT molecular complexity index is 366. The average molecular weight is 193 g/mol. The van der Waals surface area contributed by atoms with Crippen LogP contribution in [-0.4, -0.2) is 10.8 Å². The molecular weight excluding hydrogens is 174 g/mol. The summed E-state index contributed by atoms with van der Waals surface area (Å²) in [5.41, 5.74) is 4.11. The van der Waals surface area contributed by atoms with Crippen molar-refractivity contribution in [1.82, 2.24) is 4.98 Å². The number of hydrogen-bond donors (Lipinski definition) is 1. The lowest BCUT2D eigenvalue weighted by Gasteiger charge is -2.18. The number of aromatic amines is 1. The Balaban J connectivity index is 3.45. The van der Waals surface area contributed by atoms with Crippen molar-refractivity contribution >= 4 is 5.78 Å². The lowest BCUT2D eigenvalue weighted by atomic mass is 9.87. The van der Waals surface area contributed by atoms with Crippen LogP contribution in [0.15, 0.2) is 0 Å². The van der Waals surface area contributed by atoms with E-state index < -0.39 is 0 Å². The van der Waals surface area contributed by atoms with Gasteiger partial charge in [0.1, 0.15) is 0 Å². The summed E-state index contributed by atoms with van der Waals surface area (Å²) in [5, 5.41) is 0. The van der Waals surface area contributed by atoms with Gasteiger partial charge in [-0.1, -0.05) is 20.8 Å². The van der Waals surface area contributed by atoms with Crippen LogP contribution < -0.4 is 0 Å². The first kappa shape index (κ1) is 11.0. The van der Waals surface area contributed by atoms with Crippen molar-refractivity contribution in [3.63, 3.8) is 0 Å². The Kier molecular flexibility index (Phi) is 2.57. The van der Waals surface area contributed by atoms with Crippen LogP contribution in [0.3, 0.4) is 0 Å². The maximum Gasteiger partial charge on any atom is 0.161 e.